The van der Waals surface area contributed by atoms with E-state index in [1.165, 1.54) is 50.4 Å². The smallest absolute Gasteiger partial charge is 0.295 e. The lowest BCUT2D eigenvalue weighted by atomic mass is 9.95. The van der Waals surface area contributed by atoms with Crippen molar-refractivity contribution in [3.8, 4) is 11.5 Å². The maximum Gasteiger partial charge on any atom is 0.295 e. The van der Waals surface area contributed by atoms with Crippen LogP contribution in [0.2, 0.25) is 0 Å². The van der Waals surface area contributed by atoms with E-state index in [0.717, 1.165) is 4.31 Å². The average Bonchev–Trinajstić information content (AvgIpc) is 3.13. The monoisotopic (exact) mass is 532 g/mol. The summed E-state index contributed by atoms with van der Waals surface area (Å²) >= 11 is 0. The highest BCUT2D eigenvalue weighted by atomic mass is 32.2. The number of methoxy groups -OCH3 is 2. The molecule has 0 radical (unpaired) electrons. The number of carbonyl (C=O) groups excluding carboxylic acids is 2. The van der Waals surface area contributed by atoms with E-state index >= 15 is 0 Å². The molecular weight excluding hydrogens is 500 g/mol. The van der Waals surface area contributed by atoms with Gasteiger partial charge in [0.2, 0.25) is 10.0 Å². The molecule has 1 atom stereocenters. The lowest BCUT2D eigenvalue weighted by Gasteiger charge is -2.26. The van der Waals surface area contributed by atoms with E-state index in [0.29, 0.717) is 36.7 Å². The van der Waals surface area contributed by atoms with Gasteiger partial charge in [0.15, 0.2) is 11.5 Å². The van der Waals surface area contributed by atoms with E-state index in [4.69, 9.17) is 14.2 Å². The Hall–Kier alpha value is -3.41. The topological polar surface area (TPSA) is 123 Å². The SMILES string of the molecule is CCOc1ccc([C@@H]2/C(=C(\O)c3ccc(S(=O)(=O)N(C)C)cc3)C(=O)C(=O)N2CCCOC)cc1OC. The summed E-state index contributed by atoms with van der Waals surface area (Å²) in [5, 5.41) is 11.2. The first-order valence-electron chi connectivity index (χ1n) is 11.7. The lowest BCUT2D eigenvalue weighted by Crippen LogP contribution is -2.31. The van der Waals surface area contributed by atoms with Gasteiger partial charge in [0.05, 0.1) is 30.2 Å². The first-order valence-corrected chi connectivity index (χ1v) is 13.1. The van der Waals surface area contributed by atoms with Crippen molar-refractivity contribution < 1.29 is 37.3 Å². The van der Waals surface area contributed by atoms with Gasteiger partial charge in [-0.15, -0.1) is 0 Å². The summed E-state index contributed by atoms with van der Waals surface area (Å²) in [6.45, 7) is 2.86. The molecule has 2 aromatic carbocycles. The molecule has 2 aromatic rings. The molecule has 3 rings (SSSR count). The number of benzene rings is 2. The number of carbonyl (C=O) groups is 2. The van der Waals surface area contributed by atoms with E-state index in [1.54, 1.807) is 25.3 Å². The molecule has 11 heteroatoms. The van der Waals surface area contributed by atoms with Crippen LogP contribution in [-0.4, -0.2) is 82.5 Å². The normalized spacial score (nSPS) is 17.5. The number of rotatable bonds is 11. The quantitative estimate of drug-likeness (QED) is 0.203. The van der Waals surface area contributed by atoms with E-state index in [-0.39, 0.29) is 22.6 Å². The molecule has 1 fully saturated rings. The number of Topliss-reactive ketones (excluding diaryl/α,β-unsaturated/α-hetero) is 1. The number of sulfonamides is 1. The number of hydrogen-bond acceptors (Lipinski definition) is 8. The van der Waals surface area contributed by atoms with Gasteiger partial charge in [0.25, 0.3) is 11.7 Å². The van der Waals surface area contributed by atoms with Gasteiger partial charge in [0, 0.05) is 39.9 Å². The van der Waals surface area contributed by atoms with Crippen LogP contribution in [0.5, 0.6) is 11.5 Å². The molecule has 1 saturated heterocycles. The van der Waals surface area contributed by atoms with Gasteiger partial charge in [-0.1, -0.05) is 6.07 Å². The number of aliphatic hydroxyl groups is 1. The van der Waals surface area contributed by atoms with Crippen LogP contribution < -0.4 is 9.47 Å². The Morgan fingerprint density at radius 1 is 1.05 bits per heavy atom. The standard InChI is InChI=1S/C26H32N2O8S/c1-6-36-20-13-10-18(16-21(20)35-5)23-22(25(30)26(31)28(23)14-7-15-34-4)24(29)17-8-11-19(12-9-17)37(32,33)27(2)3/h8-13,16,23,29H,6-7,14-15H2,1-5H3/b24-22+/t23-/m1/s1. The minimum atomic E-state index is -3.68. The zero-order valence-corrected chi connectivity index (χ0v) is 22.4. The zero-order chi connectivity index (χ0) is 27.3. The third-order valence-electron chi connectivity index (χ3n) is 6.00. The first kappa shape index (κ1) is 28.2. The highest BCUT2D eigenvalue weighted by Gasteiger charge is 2.46. The second-order valence-electron chi connectivity index (χ2n) is 8.49. The van der Waals surface area contributed by atoms with Crippen LogP contribution in [0.4, 0.5) is 0 Å². The summed E-state index contributed by atoms with van der Waals surface area (Å²) < 4.78 is 42.1. The summed E-state index contributed by atoms with van der Waals surface area (Å²) in [6.07, 6.45) is 0.477. The second kappa shape index (κ2) is 11.8. The summed E-state index contributed by atoms with van der Waals surface area (Å²) in [7, 11) is 2.18. The summed E-state index contributed by atoms with van der Waals surface area (Å²) in [5.74, 6) is -1.07. The van der Waals surface area contributed by atoms with Gasteiger partial charge in [-0.25, -0.2) is 12.7 Å². The molecule has 1 amide bonds. The third-order valence-corrected chi connectivity index (χ3v) is 7.83. The molecule has 1 N–H and O–H groups in total. The number of nitrogens with zero attached hydrogens (tertiary/aromatic N) is 2. The van der Waals surface area contributed by atoms with Crippen molar-refractivity contribution in [3.63, 3.8) is 0 Å². The minimum absolute atomic E-state index is 0.0295. The number of aliphatic hydroxyl groups excluding tert-OH is 1. The molecular formula is C26H32N2O8S. The van der Waals surface area contributed by atoms with Crippen molar-refractivity contribution in [2.45, 2.75) is 24.3 Å². The molecule has 0 bridgehead atoms. The Kier molecular flexibility index (Phi) is 8.95. The fourth-order valence-corrected chi connectivity index (χ4v) is 5.02. The Labute approximate surface area is 217 Å². The molecule has 1 aliphatic rings. The van der Waals surface area contributed by atoms with E-state index in [2.05, 4.69) is 0 Å². The Morgan fingerprint density at radius 2 is 1.73 bits per heavy atom. The van der Waals surface area contributed by atoms with E-state index in [9.17, 15) is 23.1 Å². The van der Waals surface area contributed by atoms with Crippen molar-refractivity contribution in [3.05, 3.63) is 59.2 Å². The Bertz CT molecular complexity index is 1290. The van der Waals surface area contributed by atoms with Crippen molar-refractivity contribution >= 4 is 27.5 Å². The fraction of sp³-hybridized carbons (Fsp3) is 0.385. The van der Waals surface area contributed by atoms with Gasteiger partial charge in [0.1, 0.15) is 5.76 Å². The van der Waals surface area contributed by atoms with Crippen LogP contribution >= 0.6 is 0 Å². The predicted octanol–water partition coefficient (Wildman–Crippen LogP) is 2.80. The highest BCUT2D eigenvalue weighted by molar-refractivity contribution is 7.89. The van der Waals surface area contributed by atoms with Crippen LogP contribution in [0.3, 0.4) is 0 Å². The molecule has 37 heavy (non-hydrogen) atoms. The zero-order valence-electron chi connectivity index (χ0n) is 21.6. The first-order chi connectivity index (χ1) is 17.6. The molecule has 0 aliphatic carbocycles. The van der Waals surface area contributed by atoms with Crippen LogP contribution in [0.1, 0.15) is 30.5 Å². The highest BCUT2D eigenvalue weighted by Crippen LogP contribution is 2.42. The second-order valence-corrected chi connectivity index (χ2v) is 10.6. The molecule has 0 unspecified atom stereocenters. The predicted molar refractivity (Wildman–Crippen MR) is 137 cm³/mol. The van der Waals surface area contributed by atoms with Gasteiger partial charge >= 0.3 is 0 Å². The van der Waals surface area contributed by atoms with Gasteiger partial charge in [-0.2, -0.15) is 0 Å². The van der Waals surface area contributed by atoms with Crippen molar-refractivity contribution in [2.75, 3.05) is 48.1 Å². The minimum Gasteiger partial charge on any atom is -0.507 e. The van der Waals surface area contributed by atoms with Crippen molar-refractivity contribution in [1.82, 2.24) is 9.21 Å². The van der Waals surface area contributed by atoms with Crippen molar-refractivity contribution in [1.29, 1.82) is 0 Å². The van der Waals surface area contributed by atoms with Crippen molar-refractivity contribution in [2.24, 2.45) is 0 Å². The Balaban J connectivity index is 2.14. The van der Waals surface area contributed by atoms with Gasteiger partial charge in [-0.05, 0) is 55.3 Å². The molecule has 0 aromatic heterocycles. The number of likely N-dealkylation sites (tertiary alicyclic amines) is 1. The summed E-state index contributed by atoms with van der Waals surface area (Å²) in [5.41, 5.74) is 0.651. The number of hydrogen-bond donors (Lipinski definition) is 1. The number of ether oxygens (including phenoxy) is 3. The lowest BCUT2D eigenvalue weighted by molar-refractivity contribution is -0.140. The van der Waals surface area contributed by atoms with E-state index in [1.807, 2.05) is 6.92 Å². The molecule has 1 aliphatic heterocycles. The van der Waals surface area contributed by atoms with Crippen LogP contribution in [0, 0.1) is 0 Å². The Morgan fingerprint density at radius 3 is 2.30 bits per heavy atom. The third kappa shape index (κ3) is 5.63. The average molecular weight is 533 g/mol. The maximum absolute atomic E-state index is 13.2. The summed E-state index contributed by atoms with van der Waals surface area (Å²) in [4.78, 5) is 27.7. The van der Waals surface area contributed by atoms with E-state index < -0.39 is 33.5 Å². The number of ketones is 1. The number of amides is 1. The molecule has 200 valence electrons. The van der Waals surface area contributed by atoms with Gasteiger partial charge < -0.3 is 24.2 Å². The van der Waals surface area contributed by atoms with Gasteiger partial charge in [-0.3, -0.25) is 9.59 Å². The molecule has 0 spiro atoms. The largest absolute Gasteiger partial charge is 0.507 e. The van der Waals surface area contributed by atoms with Crippen LogP contribution in [-0.2, 0) is 24.3 Å². The molecule has 0 saturated carbocycles. The summed E-state index contributed by atoms with van der Waals surface area (Å²) in [6, 6.07) is 9.67. The fourth-order valence-electron chi connectivity index (χ4n) is 4.12. The molecule has 10 nitrogen and oxygen atoms in total. The van der Waals surface area contributed by atoms with Crippen LogP contribution in [0.15, 0.2) is 52.9 Å². The van der Waals surface area contributed by atoms with Crippen LogP contribution in [0.25, 0.3) is 5.76 Å². The molecule has 1 heterocycles. The maximum atomic E-state index is 13.2.